The Hall–Kier alpha value is -1.56. The summed E-state index contributed by atoms with van der Waals surface area (Å²) in [4.78, 5) is 17.7. The average molecular weight is 377 g/mol. The normalized spacial score (nSPS) is 10.9. The minimum atomic E-state index is 0.0398. The van der Waals surface area contributed by atoms with E-state index in [1.165, 1.54) is 4.90 Å². The van der Waals surface area contributed by atoms with Gasteiger partial charge in [0.2, 0.25) is 5.91 Å². The van der Waals surface area contributed by atoms with Crippen LogP contribution in [-0.4, -0.2) is 16.6 Å². The number of nitrogens with zero attached hydrogens (tertiary/aromatic N) is 1. The monoisotopic (exact) mass is 376 g/mol. The number of aromatic nitrogens is 1. The second-order valence-electron chi connectivity index (χ2n) is 5.37. The van der Waals surface area contributed by atoms with Gasteiger partial charge in [-0.3, -0.25) is 4.79 Å². The fourth-order valence-electron chi connectivity index (χ4n) is 2.30. The zero-order chi connectivity index (χ0) is 16.9. The number of hydrogen-bond acceptors (Lipinski definition) is 4. The second-order valence-corrected chi connectivity index (χ2v) is 8.21. The molecule has 2 aromatic carbocycles. The van der Waals surface area contributed by atoms with Crippen LogP contribution in [0.3, 0.4) is 0 Å². The van der Waals surface area contributed by atoms with Gasteiger partial charge in [-0.2, -0.15) is 0 Å². The number of carbonyl (C=O) groups excluding carboxylic acids is 1. The highest BCUT2D eigenvalue weighted by Crippen LogP contribution is 2.25. The lowest BCUT2D eigenvalue weighted by molar-refractivity contribution is -0.116. The van der Waals surface area contributed by atoms with Gasteiger partial charge in [-0.15, -0.1) is 23.1 Å². The van der Waals surface area contributed by atoms with E-state index in [4.69, 9.17) is 11.6 Å². The van der Waals surface area contributed by atoms with Crippen LogP contribution in [0.25, 0.3) is 10.2 Å². The molecule has 0 bridgehead atoms. The molecule has 0 saturated heterocycles. The minimum Gasteiger partial charge on any atom is -0.326 e. The Kier molecular flexibility index (Phi) is 5.76. The quantitative estimate of drug-likeness (QED) is 0.438. The number of anilines is 1. The molecule has 0 aliphatic carbocycles. The van der Waals surface area contributed by atoms with Gasteiger partial charge in [0.15, 0.2) is 0 Å². The SMILES string of the molecule is Cc1nc2cc(NC(=O)CCCSc3ccc(Cl)cc3)ccc2s1. The Balaban J connectivity index is 1.45. The van der Waals surface area contributed by atoms with E-state index in [0.29, 0.717) is 6.42 Å². The van der Waals surface area contributed by atoms with Gasteiger partial charge in [0.25, 0.3) is 0 Å². The van der Waals surface area contributed by atoms with Crippen molar-refractivity contribution in [3.63, 3.8) is 0 Å². The molecule has 0 fully saturated rings. The van der Waals surface area contributed by atoms with E-state index in [1.54, 1.807) is 23.1 Å². The van der Waals surface area contributed by atoms with Crippen LogP contribution in [0.1, 0.15) is 17.8 Å². The van der Waals surface area contributed by atoms with Crippen molar-refractivity contribution in [3.05, 3.63) is 52.5 Å². The maximum atomic E-state index is 12.1. The smallest absolute Gasteiger partial charge is 0.224 e. The summed E-state index contributed by atoms with van der Waals surface area (Å²) in [6.07, 6.45) is 1.34. The molecule has 3 aromatic rings. The first-order valence-electron chi connectivity index (χ1n) is 7.65. The molecule has 0 aliphatic heterocycles. The number of thioether (sulfide) groups is 1. The molecule has 1 aromatic heterocycles. The second kappa shape index (κ2) is 8.01. The van der Waals surface area contributed by atoms with E-state index in [2.05, 4.69) is 10.3 Å². The van der Waals surface area contributed by atoms with Crippen molar-refractivity contribution < 1.29 is 4.79 Å². The van der Waals surface area contributed by atoms with Crippen LogP contribution in [0.4, 0.5) is 5.69 Å². The van der Waals surface area contributed by atoms with Gasteiger partial charge >= 0.3 is 0 Å². The highest BCUT2D eigenvalue weighted by molar-refractivity contribution is 7.99. The number of halogens is 1. The molecular formula is C18H17ClN2OS2. The average Bonchev–Trinajstić information content (AvgIpc) is 2.92. The fourth-order valence-corrected chi connectivity index (χ4v) is 4.08. The summed E-state index contributed by atoms with van der Waals surface area (Å²) in [7, 11) is 0. The lowest BCUT2D eigenvalue weighted by atomic mass is 10.2. The van der Waals surface area contributed by atoms with Gasteiger partial charge in [-0.25, -0.2) is 4.98 Å². The summed E-state index contributed by atoms with van der Waals surface area (Å²) < 4.78 is 1.14. The summed E-state index contributed by atoms with van der Waals surface area (Å²) in [6.45, 7) is 1.99. The van der Waals surface area contributed by atoms with Crippen LogP contribution < -0.4 is 5.32 Å². The first-order chi connectivity index (χ1) is 11.6. The minimum absolute atomic E-state index is 0.0398. The van der Waals surface area contributed by atoms with Crippen molar-refractivity contribution in [1.29, 1.82) is 0 Å². The molecule has 0 atom stereocenters. The molecule has 1 amide bonds. The summed E-state index contributed by atoms with van der Waals surface area (Å²) in [6, 6.07) is 13.6. The van der Waals surface area contributed by atoms with Crippen molar-refractivity contribution >= 4 is 56.5 Å². The third-order valence-electron chi connectivity index (χ3n) is 3.41. The fraction of sp³-hybridized carbons (Fsp3) is 0.222. The van der Waals surface area contributed by atoms with Crippen LogP contribution in [0.15, 0.2) is 47.4 Å². The van der Waals surface area contributed by atoms with Crippen molar-refractivity contribution in [2.75, 3.05) is 11.1 Å². The molecule has 0 saturated carbocycles. The molecule has 1 heterocycles. The van der Waals surface area contributed by atoms with Crippen LogP contribution in [0, 0.1) is 6.92 Å². The zero-order valence-corrected chi connectivity index (χ0v) is 15.6. The molecule has 1 N–H and O–H groups in total. The lowest BCUT2D eigenvalue weighted by Gasteiger charge is -2.05. The first kappa shape index (κ1) is 17.3. The number of aryl methyl sites for hydroxylation is 1. The van der Waals surface area contributed by atoms with Crippen molar-refractivity contribution in [2.45, 2.75) is 24.7 Å². The van der Waals surface area contributed by atoms with E-state index in [1.807, 2.05) is 49.4 Å². The van der Waals surface area contributed by atoms with E-state index in [-0.39, 0.29) is 5.91 Å². The number of rotatable bonds is 6. The van der Waals surface area contributed by atoms with Crippen molar-refractivity contribution in [3.8, 4) is 0 Å². The topological polar surface area (TPSA) is 42.0 Å². The Labute approximate surface area is 154 Å². The predicted octanol–water partition coefficient (Wildman–Crippen LogP) is 5.77. The highest BCUT2D eigenvalue weighted by Gasteiger charge is 2.06. The number of thiazole rings is 1. The Bertz CT molecular complexity index is 846. The Morgan fingerprint density at radius 3 is 2.83 bits per heavy atom. The van der Waals surface area contributed by atoms with Crippen LogP contribution in [-0.2, 0) is 4.79 Å². The largest absolute Gasteiger partial charge is 0.326 e. The molecule has 24 heavy (non-hydrogen) atoms. The zero-order valence-electron chi connectivity index (χ0n) is 13.2. The summed E-state index contributed by atoms with van der Waals surface area (Å²) >= 11 is 9.26. The van der Waals surface area contributed by atoms with Gasteiger partial charge in [0.05, 0.1) is 15.2 Å². The van der Waals surface area contributed by atoms with E-state index in [9.17, 15) is 4.79 Å². The maximum Gasteiger partial charge on any atom is 0.224 e. The lowest BCUT2D eigenvalue weighted by Crippen LogP contribution is -2.11. The molecule has 124 valence electrons. The van der Waals surface area contributed by atoms with Gasteiger partial charge < -0.3 is 5.32 Å². The maximum absolute atomic E-state index is 12.1. The summed E-state index contributed by atoms with van der Waals surface area (Å²) in [5.41, 5.74) is 1.75. The van der Waals surface area contributed by atoms with Crippen LogP contribution >= 0.6 is 34.7 Å². The molecule has 6 heteroatoms. The number of amides is 1. The summed E-state index contributed by atoms with van der Waals surface area (Å²) in [5.74, 6) is 0.942. The Morgan fingerprint density at radius 1 is 1.25 bits per heavy atom. The standard InChI is InChI=1S/C18H17ClN2OS2/c1-12-20-16-11-14(6-9-17(16)24-12)21-18(22)3-2-10-23-15-7-4-13(19)5-8-15/h4-9,11H,2-3,10H2,1H3,(H,21,22). The Morgan fingerprint density at radius 2 is 2.04 bits per heavy atom. The molecular weight excluding hydrogens is 360 g/mol. The molecule has 3 nitrogen and oxygen atoms in total. The molecule has 0 unspecified atom stereocenters. The van der Waals surface area contributed by atoms with E-state index < -0.39 is 0 Å². The van der Waals surface area contributed by atoms with E-state index >= 15 is 0 Å². The third kappa shape index (κ3) is 4.72. The highest BCUT2D eigenvalue weighted by atomic mass is 35.5. The molecule has 0 radical (unpaired) electrons. The number of carbonyl (C=O) groups is 1. The molecule has 0 spiro atoms. The first-order valence-corrected chi connectivity index (χ1v) is 9.83. The van der Waals surface area contributed by atoms with E-state index in [0.717, 1.165) is 38.1 Å². The predicted molar refractivity (Wildman–Crippen MR) is 104 cm³/mol. The number of benzene rings is 2. The van der Waals surface area contributed by atoms with Crippen molar-refractivity contribution in [2.24, 2.45) is 0 Å². The van der Waals surface area contributed by atoms with Crippen LogP contribution in [0.5, 0.6) is 0 Å². The van der Waals surface area contributed by atoms with Gasteiger partial charge in [0.1, 0.15) is 0 Å². The van der Waals surface area contributed by atoms with Gasteiger partial charge in [-0.1, -0.05) is 11.6 Å². The van der Waals surface area contributed by atoms with Gasteiger partial charge in [0, 0.05) is 22.0 Å². The number of hydrogen-bond donors (Lipinski definition) is 1. The van der Waals surface area contributed by atoms with Crippen molar-refractivity contribution in [1.82, 2.24) is 4.98 Å². The number of nitrogens with one attached hydrogen (secondary N) is 1. The van der Waals surface area contributed by atoms with Gasteiger partial charge in [-0.05, 0) is 61.6 Å². The summed E-state index contributed by atoms with van der Waals surface area (Å²) in [5, 5.41) is 4.73. The van der Waals surface area contributed by atoms with Crippen LogP contribution in [0.2, 0.25) is 5.02 Å². The third-order valence-corrected chi connectivity index (χ3v) is 5.71. The number of fused-ring (bicyclic) bond motifs is 1. The molecule has 3 rings (SSSR count). The molecule has 0 aliphatic rings.